The Kier molecular flexibility index (Phi) is 4.22. The zero-order valence-corrected chi connectivity index (χ0v) is 9.95. The van der Waals surface area contributed by atoms with Crippen molar-refractivity contribution in [2.45, 2.75) is 19.1 Å². The van der Waals surface area contributed by atoms with E-state index < -0.39 is 24.0 Å². The maximum atomic E-state index is 11.7. The van der Waals surface area contributed by atoms with Crippen LogP contribution in [0.15, 0.2) is 23.1 Å². The van der Waals surface area contributed by atoms with Crippen molar-refractivity contribution in [2.75, 3.05) is 0 Å². The highest BCUT2D eigenvalue weighted by molar-refractivity contribution is 5.96. The molecule has 3 N–H and O–H groups in total. The summed E-state index contributed by atoms with van der Waals surface area (Å²) in [7, 11) is 1.53. The number of aliphatic carboxylic acids is 1. The van der Waals surface area contributed by atoms with E-state index in [1.165, 1.54) is 30.8 Å². The van der Waals surface area contributed by atoms with Crippen molar-refractivity contribution >= 4 is 11.9 Å². The molecule has 0 radical (unpaired) electrons. The molecule has 0 aliphatic carbocycles. The molecule has 0 aliphatic rings. The van der Waals surface area contributed by atoms with Crippen LogP contribution in [0, 0.1) is 0 Å². The number of carbonyl (C=O) groups excluding carboxylic acids is 1. The van der Waals surface area contributed by atoms with Gasteiger partial charge in [0.2, 0.25) is 0 Å². The van der Waals surface area contributed by atoms with Crippen molar-refractivity contribution in [3.05, 3.63) is 34.2 Å². The minimum Gasteiger partial charge on any atom is -0.480 e. The molecule has 7 heteroatoms. The van der Waals surface area contributed by atoms with Crippen LogP contribution in [0.1, 0.15) is 17.3 Å². The van der Waals surface area contributed by atoms with E-state index in [-0.39, 0.29) is 11.1 Å². The summed E-state index contributed by atoms with van der Waals surface area (Å²) in [6.07, 6.45) is 0.160. The smallest absolute Gasteiger partial charge is 0.328 e. The molecule has 0 aliphatic heterocycles. The van der Waals surface area contributed by atoms with Crippen LogP contribution in [0.2, 0.25) is 0 Å². The number of carboxylic acids is 1. The number of carboxylic acid groups (broad SMARTS) is 1. The van der Waals surface area contributed by atoms with Gasteiger partial charge in [0.15, 0.2) is 6.04 Å². The lowest BCUT2D eigenvalue weighted by atomic mass is 10.1. The normalized spacial score (nSPS) is 13.7. The first-order chi connectivity index (χ1) is 8.32. The highest BCUT2D eigenvalue weighted by Gasteiger charge is 2.25. The van der Waals surface area contributed by atoms with Crippen molar-refractivity contribution in [2.24, 2.45) is 7.05 Å². The van der Waals surface area contributed by atoms with E-state index in [0.717, 1.165) is 6.07 Å². The van der Waals surface area contributed by atoms with Gasteiger partial charge in [0, 0.05) is 24.9 Å². The number of hydrogen-bond donors (Lipinski definition) is 3. The molecule has 0 aromatic carbocycles. The van der Waals surface area contributed by atoms with Crippen molar-refractivity contribution in [3.63, 3.8) is 0 Å². The molecule has 1 amide bonds. The van der Waals surface area contributed by atoms with Crippen LogP contribution in [0.25, 0.3) is 0 Å². The molecule has 0 saturated carbocycles. The van der Waals surface area contributed by atoms with Gasteiger partial charge in [-0.1, -0.05) is 0 Å². The summed E-state index contributed by atoms with van der Waals surface area (Å²) < 4.78 is 1.28. The second kappa shape index (κ2) is 5.46. The van der Waals surface area contributed by atoms with E-state index in [1.54, 1.807) is 0 Å². The molecule has 1 aromatic heterocycles. The van der Waals surface area contributed by atoms with E-state index in [4.69, 9.17) is 5.11 Å². The summed E-state index contributed by atoms with van der Waals surface area (Å²) in [5, 5.41) is 20.2. The third-order valence-electron chi connectivity index (χ3n) is 2.40. The molecule has 2 atom stereocenters. The monoisotopic (exact) mass is 254 g/mol. The van der Waals surface area contributed by atoms with Crippen LogP contribution < -0.4 is 10.9 Å². The van der Waals surface area contributed by atoms with E-state index in [9.17, 15) is 19.5 Å². The van der Waals surface area contributed by atoms with Crippen LogP contribution in [0.3, 0.4) is 0 Å². The minimum absolute atomic E-state index is 0.0463. The highest BCUT2D eigenvalue weighted by Crippen LogP contribution is 1.99. The molecule has 0 saturated heterocycles. The predicted octanol–water partition coefficient (Wildman–Crippen LogP) is -1.05. The number of hydrogen-bond acceptors (Lipinski definition) is 4. The fourth-order valence-electron chi connectivity index (χ4n) is 1.30. The Bertz CT molecular complexity index is 520. The van der Waals surface area contributed by atoms with Gasteiger partial charge in [0.1, 0.15) is 0 Å². The van der Waals surface area contributed by atoms with Gasteiger partial charge < -0.3 is 20.1 Å². The van der Waals surface area contributed by atoms with E-state index in [0.29, 0.717) is 0 Å². The third-order valence-corrected chi connectivity index (χ3v) is 2.40. The average molecular weight is 254 g/mol. The lowest BCUT2D eigenvalue weighted by Crippen LogP contribution is -2.47. The van der Waals surface area contributed by atoms with Gasteiger partial charge in [-0.2, -0.15) is 0 Å². The number of amides is 1. The van der Waals surface area contributed by atoms with E-state index in [2.05, 4.69) is 5.32 Å². The van der Waals surface area contributed by atoms with Gasteiger partial charge in [-0.3, -0.25) is 9.59 Å². The van der Waals surface area contributed by atoms with E-state index >= 15 is 0 Å². The minimum atomic E-state index is -1.42. The Morgan fingerprint density at radius 2 is 2.06 bits per heavy atom. The van der Waals surface area contributed by atoms with Gasteiger partial charge in [-0.25, -0.2) is 4.79 Å². The van der Waals surface area contributed by atoms with Crippen LogP contribution in [0.5, 0.6) is 0 Å². The fraction of sp³-hybridized carbons (Fsp3) is 0.364. The van der Waals surface area contributed by atoms with Gasteiger partial charge in [-0.15, -0.1) is 0 Å². The molecule has 1 aromatic rings. The molecule has 18 heavy (non-hydrogen) atoms. The first kappa shape index (κ1) is 13.9. The molecule has 1 heterocycles. The maximum Gasteiger partial charge on any atom is 0.328 e. The Hall–Kier alpha value is -2.15. The lowest BCUT2D eigenvalue weighted by molar-refractivity contribution is -0.141. The molecule has 0 fully saturated rings. The third kappa shape index (κ3) is 3.17. The summed E-state index contributed by atoms with van der Waals surface area (Å²) in [4.78, 5) is 33.8. The van der Waals surface area contributed by atoms with Gasteiger partial charge in [0.25, 0.3) is 11.5 Å². The Labute approximate surface area is 103 Å². The Morgan fingerprint density at radius 3 is 2.50 bits per heavy atom. The lowest BCUT2D eigenvalue weighted by Gasteiger charge is -2.16. The number of nitrogens with zero attached hydrogens (tertiary/aromatic N) is 1. The number of aliphatic hydroxyl groups excluding tert-OH is 1. The SMILES string of the molecule is C[C@@H](O)[C@H](NC(=O)c1ccn(C)c(=O)c1)C(=O)O. The molecular weight excluding hydrogens is 240 g/mol. The number of aryl methyl sites for hydroxylation is 1. The van der Waals surface area contributed by atoms with Crippen LogP contribution in [-0.2, 0) is 11.8 Å². The summed E-state index contributed by atoms with van der Waals surface area (Å²) >= 11 is 0. The van der Waals surface area contributed by atoms with E-state index in [1.807, 2.05) is 0 Å². The zero-order valence-electron chi connectivity index (χ0n) is 9.95. The van der Waals surface area contributed by atoms with Crippen molar-refractivity contribution in [1.29, 1.82) is 0 Å². The second-order valence-corrected chi connectivity index (χ2v) is 3.89. The predicted molar refractivity (Wildman–Crippen MR) is 62.3 cm³/mol. The van der Waals surface area contributed by atoms with Gasteiger partial charge in [-0.05, 0) is 13.0 Å². The summed E-state index contributed by atoms with van der Waals surface area (Å²) in [6.45, 7) is 1.25. The number of carbonyl (C=O) groups is 2. The largest absolute Gasteiger partial charge is 0.480 e. The standard InChI is InChI=1S/C11H14N2O5/c1-6(14)9(11(17)18)12-10(16)7-3-4-13(2)8(15)5-7/h3-6,9,14H,1-2H3,(H,12,16)(H,17,18)/t6-,9+/m1/s1. The Morgan fingerprint density at radius 1 is 1.44 bits per heavy atom. The van der Waals surface area contributed by atoms with Crippen LogP contribution in [-0.4, -0.2) is 38.8 Å². The number of rotatable bonds is 4. The molecule has 0 unspecified atom stereocenters. The van der Waals surface area contributed by atoms with Crippen molar-refractivity contribution in [3.8, 4) is 0 Å². The summed E-state index contributed by atoms with van der Waals surface area (Å²) in [5.41, 5.74) is -0.337. The summed E-state index contributed by atoms with van der Waals surface area (Å²) in [6, 6.07) is 1.06. The molecule has 98 valence electrons. The van der Waals surface area contributed by atoms with Crippen molar-refractivity contribution in [1.82, 2.24) is 9.88 Å². The second-order valence-electron chi connectivity index (χ2n) is 3.89. The van der Waals surface area contributed by atoms with Crippen LogP contribution >= 0.6 is 0 Å². The van der Waals surface area contributed by atoms with Gasteiger partial charge in [0.05, 0.1) is 6.10 Å². The fourth-order valence-corrected chi connectivity index (χ4v) is 1.30. The first-order valence-electron chi connectivity index (χ1n) is 5.21. The number of nitrogens with one attached hydrogen (secondary N) is 1. The first-order valence-corrected chi connectivity index (χ1v) is 5.21. The quantitative estimate of drug-likeness (QED) is 0.635. The molecular formula is C11H14N2O5. The molecule has 0 bridgehead atoms. The topological polar surface area (TPSA) is 109 Å². The molecule has 7 nitrogen and oxygen atoms in total. The zero-order chi connectivity index (χ0) is 13.9. The highest BCUT2D eigenvalue weighted by atomic mass is 16.4. The summed E-state index contributed by atoms with van der Waals surface area (Å²) in [5.74, 6) is -2.07. The number of pyridine rings is 1. The molecule has 0 spiro atoms. The maximum absolute atomic E-state index is 11.7. The van der Waals surface area contributed by atoms with Crippen LogP contribution in [0.4, 0.5) is 0 Å². The average Bonchev–Trinajstić information content (AvgIpc) is 2.28. The number of aromatic nitrogens is 1. The molecule has 1 rings (SSSR count). The Balaban J connectivity index is 2.91. The van der Waals surface area contributed by atoms with Crippen molar-refractivity contribution < 1.29 is 19.8 Å². The number of aliphatic hydroxyl groups is 1. The van der Waals surface area contributed by atoms with Gasteiger partial charge >= 0.3 is 5.97 Å².